The molecule has 0 bridgehead atoms. The van der Waals surface area contributed by atoms with Gasteiger partial charge in [-0.25, -0.2) is 0 Å². The molecule has 1 aliphatic heterocycles. The molecule has 0 atom stereocenters. The molecule has 0 aliphatic carbocycles. The summed E-state index contributed by atoms with van der Waals surface area (Å²) in [6.07, 6.45) is 2.28. The lowest BCUT2D eigenvalue weighted by Crippen LogP contribution is -2.31. The first kappa shape index (κ1) is 10.0. The molecule has 1 N–H and O–H groups in total. The van der Waals surface area contributed by atoms with E-state index < -0.39 is 0 Å². The van der Waals surface area contributed by atoms with Crippen LogP contribution in [0.4, 0.5) is 5.69 Å². The Morgan fingerprint density at radius 1 is 1.29 bits per heavy atom. The maximum atomic E-state index is 3.51. The predicted molar refractivity (Wildman–Crippen MR) is 70.5 cm³/mol. The summed E-state index contributed by atoms with van der Waals surface area (Å²) in [5.41, 5.74) is 4.01. The van der Waals surface area contributed by atoms with Gasteiger partial charge >= 0.3 is 0 Å². The third-order valence-electron chi connectivity index (χ3n) is 2.44. The largest absolute Gasteiger partial charge is 0.376 e. The number of hydrogen-bond donors (Lipinski definition) is 1. The lowest BCUT2D eigenvalue weighted by atomic mass is 9.91. The van der Waals surface area contributed by atoms with Crippen molar-refractivity contribution in [3.63, 3.8) is 0 Å². The van der Waals surface area contributed by atoms with Crippen molar-refractivity contribution >= 4 is 33.9 Å². The molecule has 1 aromatic carbocycles. The van der Waals surface area contributed by atoms with Crippen molar-refractivity contribution in [2.75, 3.05) is 5.32 Å². The number of anilines is 1. The normalized spacial score (nSPS) is 18.1. The van der Waals surface area contributed by atoms with Crippen LogP contribution in [0.25, 0.3) is 5.57 Å². The average molecular weight is 299 g/mol. The second-order valence-electron chi connectivity index (χ2n) is 4.36. The molecule has 0 spiro atoms. The fraction of sp³-hybridized carbons (Fsp3) is 0.333. The van der Waals surface area contributed by atoms with Gasteiger partial charge in [0.1, 0.15) is 0 Å². The summed E-state index contributed by atoms with van der Waals surface area (Å²) in [4.78, 5) is 0. The zero-order valence-electron chi connectivity index (χ0n) is 8.69. The Bertz CT molecular complexity index is 405. The van der Waals surface area contributed by atoms with Gasteiger partial charge in [0, 0.05) is 14.8 Å². The Kier molecular flexibility index (Phi) is 2.33. The fourth-order valence-corrected chi connectivity index (χ4v) is 2.45. The first-order chi connectivity index (χ1) is 6.48. The molecule has 1 heterocycles. The third-order valence-corrected chi connectivity index (χ3v) is 3.11. The van der Waals surface area contributed by atoms with Crippen molar-refractivity contribution < 1.29 is 0 Å². The van der Waals surface area contributed by atoms with E-state index in [-0.39, 0.29) is 5.54 Å². The van der Waals surface area contributed by atoms with Gasteiger partial charge in [-0.3, -0.25) is 0 Å². The topological polar surface area (TPSA) is 12.0 Å². The van der Waals surface area contributed by atoms with Gasteiger partial charge in [-0.2, -0.15) is 0 Å². The molecule has 2 heteroatoms. The van der Waals surface area contributed by atoms with E-state index in [0.717, 1.165) is 0 Å². The second-order valence-corrected chi connectivity index (χ2v) is 5.61. The van der Waals surface area contributed by atoms with Crippen LogP contribution in [0.15, 0.2) is 24.3 Å². The van der Waals surface area contributed by atoms with Crippen LogP contribution in [0.3, 0.4) is 0 Å². The summed E-state index contributed by atoms with van der Waals surface area (Å²) in [5, 5.41) is 3.51. The molecule has 2 rings (SSSR count). The molecule has 0 amide bonds. The second kappa shape index (κ2) is 3.26. The van der Waals surface area contributed by atoms with Crippen molar-refractivity contribution in [1.29, 1.82) is 0 Å². The summed E-state index contributed by atoms with van der Waals surface area (Å²) in [6.45, 7) is 6.56. The Balaban J connectivity index is 2.56. The molecule has 0 saturated carbocycles. The fourth-order valence-electron chi connectivity index (χ4n) is 1.95. The van der Waals surface area contributed by atoms with Gasteiger partial charge in [0.25, 0.3) is 0 Å². The predicted octanol–water partition coefficient (Wildman–Crippen LogP) is 3.90. The summed E-state index contributed by atoms with van der Waals surface area (Å²) in [5.74, 6) is 0. The number of rotatable bonds is 0. The van der Waals surface area contributed by atoms with Crippen LogP contribution in [0, 0.1) is 3.57 Å². The van der Waals surface area contributed by atoms with Crippen LogP contribution < -0.4 is 5.32 Å². The van der Waals surface area contributed by atoms with E-state index in [1.54, 1.807) is 0 Å². The minimum absolute atomic E-state index is 0.0733. The standard InChI is InChI=1S/C12H14IN/c1-8-7-12(2,3)14-11-5-4-9(13)6-10(8)11/h4-7,14H,1-3H3. The molecule has 74 valence electrons. The van der Waals surface area contributed by atoms with E-state index in [4.69, 9.17) is 0 Å². The van der Waals surface area contributed by atoms with E-state index >= 15 is 0 Å². The van der Waals surface area contributed by atoms with E-state index in [1.807, 2.05) is 0 Å². The summed E-state index contributed by atoms with van der Waals surface area (Å²) in [7, 11) is 0. The van der Waals surface area contributed by atoms with E-state index in [9.17, 15) is 0 Å². The van der Waals surface area contributed by atoms with E-state index in [0.29, 0.717) is 0 Å². The first-order valence-electron chi connectivity index (χ1n) is 4.75. The van der Waals surface area contributed by atoms with Crippen molar-refractivity contribution in [3.05, 3.63) is 33.4 Å². The van der Waals surface area contributed by atoms with Crippen LogP contribution in [-0.2, 0) is 0 Å². The van der Waals surface area contributed by atoms with Crippen molar-refractivity contribution in [1.82, 2.24) is 0 Å². The maximum Gasteiger partial charge on any atom is 0.0505 e. The zero-order valence-corrected chi connectivity index (χ0v) is 10.8. The molecule has 1 aliphatic rings. The van der Waals surface area contributed by atoms with Crippen molar-refractivity contribution in [2.24, 2.45) is 0 Å². The SMILES string of the molecule is CC1=CC(C)(C)Nc2ccc(I)cc21. The Hall–Kier alpha value is -0.510. The van der Waals surface area contributed by atoms with Gasteiger partial charge in [-0.15, -0.1) is 0 Å². The van der Waals surface area contributed by atoms with Gasteiger partial charge in [-0.05, 0) is 67.1 Å². The molecule has 0 saturated heterocycles. The molecule has 0 radical (unpaired) electrons. The molecular weight excluding hydrogens is 285 g/mol. The monoisotopic (exact) mass is 299 g/mol. The minimum Gasteiger partial charge on any atom is -0.376 e. The number of fused-ring (bicyclic) bond motifs is 1. The Labute approximate surface area is 98.7 Å². The van der Waals surface area contributed by atoms with Crippen molar-refractivity contribution in [2.45, 2.75) is 26.3 Å². The number of allylic oxidation sites excluding steroid dienone is 1. The Morgan fingerprint density at radius 2 is 2.00 bits per heavy atom. The van der Waals surface area contributed by atoms with Crippen LogP contribution in [-0.4, -0.2) is 5.54 Å². The number of benzene rings is 1. The highest BCUT2D eigenvalue weighted by Gasteiger charge is 2.21. The average Bonchev–Trinajstić information content (AvgIpc) is 2.05. The zero-order chi connectivity index (χ0) is 10.3. The quantitative estimate of drug-likeness (QED) is 0.716. The minimum atomic E-state index is 0.0733. The van der Waals surface area contributed by atoms with Crippen molar-refractivity contribution in [3.8, 4) is 0 Å². The number of nitrogens with one attached hydrogen (secondary N) is 1. The number of halogens is 1. The van der Waals surface area contributed by atoms with Gasteiger partial charge in [0.15, 0.2) is 0 Å². The summed E-state index contributed by atoms with van der Waals surface area (Å²) < 4.78 is 1.29. The van der Waals surface area contributed by atoms with E-state index in [2.05, 4.69) is 73.0 Å². The maximum absolute atomic E-state index is 3.51. The van der Waals surface area contributed by atoms with Gasteiger partial charge in [0.2, 0.25) is 0 Å². The number of hydrogen-bond acceptors (Lipinski definition) is 1. The first-order valence-corrected chi connectivity index (χ1v) is 5.83. The molecule has 1 aromatic rings. The molecule has 0 unspecified atom stereocenters. The van der Waals surface area contributed by atoms with Gasteiger partial charge < -0.3 is 5.32 Å². The van der Waals surface area contributed by atoms with Gasteiger partial charge in [-0.1, -0.05) is 6.08 Å². The van der Waals surface area contributed by atoms with Crippen LogP contribution in [0.5, 0.6) is 0 Å². The molecule has 0 aromatic heterocycles. The highest BCUT2D eigenvalue weighted by Crippen LogP contribution is 2.34. The lowest BCUT2D eigenvalue weighted by Gasteiger charge is -2.31. The van der Waals surface area contributed by atoms with Crippen LogP contribution >= 0.6 is 22.6 Å². The van der Waals surface area contributed by atoms with Gasteiger partial charge in [0.05, 0.1) is 5.54 Å². The molecular formula is C12H14IN. The molecule has 1 nitrogen and oxygen atoms in total. The molecule has 14 heavy (non-hydrogen) atoms. The molecule has 0 fully saturated rings. The van der Waals surface area contributed by atoms with E-state index in [1.165, 1.54) is 20.4 Å². The highest BCUT2D eigenvalue weighted by atomic mass is 127. The Morgan fingerprint density at radius 3 is 2.71 bits per heavy atom. The van der Waals surface area contributed by atoms with Crippen LogP contribution in [0.2, 0.25) is 0 Å². The summed E-state index contributed by atoms with van der Waals surface area (Å²) >= 11 is 2.35. The van der Waals surface area contributed by atoms with Crippen LogP contribution in [0.1, 0.15) is 26.3 Å². The summed E-state index contributed by atoms with van der Waals surface area (Å²) in [6, 6.07) is 6.53. The smallest absolute Gasteiger partial charge is 0.0505 e. The third kappa shape index (κ3) is 1.80. The lowest BCUT2D eigenvalue weighted by molar-refractivity contribution is 0.707. The highest BCUT2D eigenvalue weighted by molar-refractivity contribution is 14.1.